The van der Waals surface area contributed by atoms with Crippen molar-refractivity contribution >= 4 is 17.8 Å². The minimum atomic E-state index is -0.496. The van der Waals surface area contributed by atoms with Crippen LogP contribution in [0.25, 0.3) is 0 Å². The fourth-order valence-electron chi connectivity index (χ4n) is 1.44. The van der Waals surface area contributed by atoms with Crippen LogP contribution in [0.5, 0.6) is 0 Å². The molecule has 0 fully saturated rings. The number of rotatable bonds is 4. The highest BCUT2D eigenvalue weighted by molar-refractivity contribution is 5.93. The summed E-state index contributed by atoms with van der Waals surface area (Å²) in [5.41, 5.74) is 3.01. The van der Waals surface area contributed by atoms with Crippen LogP contribution >= 0.6 is 0 Å². The number of nitrogens with zero attached hydrogens (tertiary/aromatic N) is 3. The van der Waals surface area contributed by atoms with E-state index in [0.29, 0.717) is 5.56 Å². The molecule has 0 bridgehead atoms. The Labute approximate surface area is 114 Å². The Morgan fingerprint density at radius 1 is 1.30 bits per heavy atom. The molecule has 0 spiro atoms. The number of benzene rings is 1. The van der Waals surface area contributed by atoms with E-state index in [1.54, 1.807) is 30.3 Å². The summed E-state index contributed by atoms with van der Waals surface area (Å²) in [5.74, 6) is -0.452. The molecule has 20 heavy (non-hydrogen) atoms. The zero-order chi connectivity index (χ0) is 14.4. The summed E-state index contributed by atoms with van der Waals surface area (Å²) < 4.78 is 0. The first kappa shape index (κ1) is 13.3. The lowest BCUT2D eigenvalue weighted by molar-refractivity contribution is -0.384. The predicted octanol–water partition coefficient (Wildman–Crippen LogP) is 1.75. The summed E-state index contributed by atoms with van der Waals surface area (Å²) in [6.45, 7) is 0. The van der Waals surface area contributed by atoms with E-state index in [-0.39, 0.29) is 11.4 Å². The average molecular weight is 270 g/mol. The van der Waals surface area contributed by atoms with Crippen LogP contribution in [0.2, 0.25) is 0 Å². The molecule has 7 heteroatoms. The third-order valence-electron chi connectivity index (χ3n) is 2.36. The number of non-ortho nitro benzene ring substituents is 1. The number of nitrogens with one attached hydrogen (secondary N) is 1. The van der Waals surface area contributed by atoms with Gasteiger partial charge in [0.2, 0.25) is 0 Å². The normalized spacial score (nSPS) is 10.4. The largest absolute Gasteiger partial charge is 0.289 e. The van der Waals surface area contributed by atoms with Gasteiger partial charge in [-0.3, -0.25) is 19.9 Å². The van der Waals surface area contributed by atoms with Crippen LogP contribution in [0.3, 0.4) is 0 Å². The van der Waals surface area contributed by atoms with E-state index in [1.165, 1.54) is 24.5 Å². The van der Waals surface area contributed by atoms with Gasteiger partial charge in [0, 0.05) is 23.9 Å². The molecule has 0 aliphatic carbocycles. The van der Waals surface area contributed by atoms with E-state index in [1.807, 2.05) is 0 Å². The van der Waals surface area contributed by atoms with Crippen LogP contribution in [0.4, 0.5) is 5.69 Å². The summed E-state index contributed by atoms with van der Waals surface area (Å²) in [6, 6.07) is 10.9. The molecule has 0 aliphatic heterocycles. The standard InChI is InChI=1S/C13H10N4O3/c18-13(12-6-1-2-7-14-12)16-15-9-10-4-3-5-11(8-10)17(19)20/h1-9H,(H,16,18)/b15-9-. The zero-order valence-corrected chi connectivity index (χ0v) is 10.3. The Bertz CT molecular complexity index is 656. The second-order valence-corrected chi connectivity index (χ2v) is 3.77. The number of hydrazone groups is 1. The highest BCUT2D eigenvalue weighted by Crippen LogP contribution is 2.11. The first-order chi connectivity index (χ1) is 9.66. The molecule has 0 aliphatic rings. The summed E-state index contributed by atoms with van der Waals surface area (Å²) in [5, 5.41) is 14.3. The van der Waals surface area contributed by atoms with Gasteiger partial charge < -0.3 is 0 Å². The van der Waals surface area contributed by atoms with Crippen molar-refractivity contribution in [2.75, 3.05) is 0 Å². The van der Waals surface area contributed by atoms with Crippen LogP contribution in [0.15, 0.2) is 53.8 Å². The predicted molar refractivity (Wildman–Crippen MR) is 72.4 cm³/mol. The van der Waals surface area contributed by atoms with Gasteiger partial charge in [0.25, 0.3) is 11.6 Å². The lowest BCUT2D eigenvalue weighted by atomic mass is 10.2. The number of carbonyl (C=O) groups is 1. The van der Waals surface area contributed by atoms with Crippen molar-refractivity contribution in [1.82, 2.24) is 10.4 Å². The van der Waals surface area contributed by atoms with E-state index in [2.05, 4.69) is 15.5 Å². The van der Waals surface area contributed by atoms with E-state index in [4.69, 9.17) is 0 Å². The van der Waals surface area contributed by atoms with Gasteiger partial charge in [0.15, 0.2) is 0 Å². The molecular weight excluding hydrogens is 260 g/mol. The summed E-state index contributed by atoms with van der Waals surface area (Å²) in [6.07, 6.45) is 2.83. The first-order valence-corrected chi connectivity index (χ1v) is 5.66. The second-order valence-electron chi connectivity index (χ2n) is 3.77. The summed E-state index contributed by atoms with van der Waals surface area (Å²) in [7, 11) is 0. The molecule has 100 valence electrons. The van der Waals surface area contributed by atoms with E-state index < -0.39 is 10.8 Å². The van der Waals surface area contributed by atoms with Crippen molar-refractivity contribution in [3.05, 3.63) is 70.0 Å². The van der Waals surface area contributed by atoms with Crippen LogP contribution in [0.1, 0.15) is 16.1 Å². The number of amides is 1. The number of aromatic nitrogens is 1. The number of nitro groups is 1. The third kappa shape index (κ3) is 3.45. The molecule has 1 aromatic heterocycles. The topological polar surface area (TPSA) is 97.5 Å². The minimum Gasteiger partial charge on any atom is -0.266 e. The Hall–Kier alpha value is -3.09. The highest BCUT2D eigenvalue weighted by atomic mass is 16.6. The summed E-state index contributed by atoms with van der Waals surface area (Å²) >= 11 is 0. The molecule has 7 nitrogen and oxygen atoms in total. The zero-order valence-electron chi connectivity index (χ0n) is 10.3. The van der Waals surface area contributed by atoms with Gasteiger partial charge in [-0.1, -0.05) is 18.2 Å². The summed E-state index contributed by atoms with van der Waals surface area (Å²) in [4.78, 5) is 25.6. The van der Waals surface area contributed by atoms with Gasteiger partial charge in [0.05, 0.1) is 11.1 Å². The Kier molecular flexibility index (Phi) is 4.13. The molecular formula is C13H10N4O3. The van der Waals surface area contributed by atoms with Crippen LogP contribution in [-0.2, 0) is 0 Å². The molecule has 2 rings (SSSR count). The highest BCUT2D eigenvalue weighted by Gasteiger charge is 2.05. The molecule has 1 N–H and O–H groups in total. The number of hydrogen-bond acceptors (Lipinski definition) is 5. The van der Waals surface area contributed by atoms with E-state index in [9.17, 15) is 14.9 Å². The molecule has 0 saturated heterocycles. The van der Waals surface area contributed by atoms with Gasteiger partial charge in [-0.25, -0.2) is 5.43 Å². The third-order valence-corrected chi connectivity index (χ3v) is 2.36. The van der Waals surface area contributed by atoms with Gasteiger partial charge in [0.1, 0.15) is 5.69 Å². The number of nitro benzene ring substituents is 1. The van der Waals surface area contributed by atoms with Gasteiger partial charge in [-0.15, -0.1) is 0 Å². The SMILES string of the molecule is O=C(N/N=C\c1cccc([N+](=O)[O-])c1)c1ccccn1. The second kappa shape index (κ2) is 6.19. The maximum Gasteiger partial charge on any atom is 0.289 e. The van der Waals surface area contributed by atoms with Crippen LogP contribution in [-0.4, -0.2) is 22.0 Å². The maximum atomic E-state index is 11.6. The van der Waals surface area contributed by atoms with Crippen molar-refractivity contribution in [2.45, 2.75) is 0 Å². The molecule has 1 amide bonds. The van der Waals surface area contributed by atoms with Crippen molar-refractivity contribution in [3.63, 3.8) is 0 Å². The Morgan fingerprint density at radius 2 is 2.15 bits per heavy atom. The van der Waals surface area contributed by atoms with E-state index >= 15 is 0 Å². The first-order valence-electron chi connectivity index (χ1n) is 5.66. The van der Waals surface area contributed by atoms with Gasteiger partial charge in [-0.05, 0) is 12.1 Å². The Morgan fingerprint density at radius 3 is 2.85 bits per heavy atom. The van der Waals surface area contributed by atoms with Crippen LogP contribution < -0.4 is 5.43 Å². The number of hydrogen-bond donors (Lipinski definition) is 1. The van der Waals surface area contributed by atoms with Gasteiger partial charge in [-0.2, -0.15) is 5.10 Å². The number of carbonyl (C=O) groups excluding carboxylic acids is 1. The Balaban J connectivity index is 2.02. The minimum absolute atomic E-state index is 0.0370. The quantitative estimate of drug-likeness (QED) is 0.520. The fraction of sp³-hybridized carbons (Fsp3) is 0. The molecule has 1 aromatic carbocycles. The van der Waals surface area contributed by atoms with Crippen molar-refractivity contribution in [2.24, 2.45) is 5.10 Å². The van der Waals surface area contributed by atoms with Crippen molar-refractivity contribution in [1.29, 1.82) is 0 Å². The molecule has 2 aromatic rings. The molecule has 0 atom stereocenters. The monoisotopic (exact) mass is 270 g/mol. The fourth-order valence-corrected chi connectivity index (χ4v) is 1.44. The smallest absolute Gasteiger partial charge is 0.266 e. The molecule has 0 radical (unpaired) electrons. The van der Waals surface area contributed by atoms with Crippen LogP contribution in [0, 0.1) is 10.1 Å². The lowest BCUT2D eigenvalue weighted by Crippen LogP contribution is -2.18. The van der Waals surface area contributed by atoms with Crippen molar-refractivity contribution in [3.8, 4) is 0 Å². The van der Waals surface area contributed by atoms with Gasteiger partial charge >= 0.3 is 0 Å². The average Bonchev–Trinajstić information content (AvgIpc) is 2.48. The molecule has 1 heterocycles. The van der Waals surface area contributed by atoms with Crippen molar-refractivity contribution < 1.29 is 9.72 Å². The maximum absolute atomic E-state index is 11.6. The molecule has 0 unspecified atom stereocenters. The number of pyridine rings is 1. The van der Waals surface area contributed by atoms with E-state index in [0.717, 1.165) is 0 Å². The lowest BCUT2D eigenvalue weighted by Gasteiger charge is -1.98. The molecule has 0 saturated carbocycles.